The lowest BCUT2D eigenvalue weighted by molar-refractivity contribution is -0.119. The summed E-state index contributed by atoms with van der Waals surface area (Å²) in [5.74, 6) is -4.89. The average Bonchev–Trinajstić information content (AvgIpc) is 3.04. The summed E-state index contributed by atoms with van der Waals surface area (Å²) in [4.78, 5) is 27.1. The molecule has 0 aliphatic carbocycles. The number of halogens is 1. The fourth-order valence-electron chi connectivity index (χ4n) is 6.61. The number of nitrogens with zero attached hydrogens (tertiary/aromatic N) is 1. The molecular formula is C33H37ClN6O7S2. The van der Waals surface area contributed by atoms with E-state index in [-0.39, 0.29) is 57.6 Å². The van der Waals surface area contributed by atoms with Crippen LogP contribution in [-0.2, 0) is 24.8 Å². The zero-order chi connectivity index (χ0) is 35.0. The fourth-order valence-corrected chi connectivity index (χ4v) is 8.69. The molecule has 1 amide bonds. The lowest BCUT2D eigenvalue weighted by atomic mass is 9.77. The van der Waals surface area contributed by atoms with Crippen molar-refractivity contribution < 1.29 is 31.5 Å². The summed E-state index contributed by atoms with van der Waals surface area (Å²) in [6.45, 7) is 1.51. The van der Waals surface area contributed by atoms with Crippen LogP contribution in [0.15, 0.2) is 82.6 Å². The van der Waals surface area contributed by atoms with Crippen LogP contribution in [0.25, 0.3) is 21.9 Å². The number of carbonyl (C=O) groups excluding carboxylic acids is 1. The maximum absolute atomic E-state index is 13.6. The molecule has 0 saturated carbocycles. The molecule has 260 valence electrons. The molecule has 4 aromatic carbocycles. The second-order valence-corrected chi connectivity index (χ2v) is 15.0. The lowest BCUT2D eigenvalue weighted by Gasteiger charge is -2.36. The van der Waals surface area contributed by atoms with Crippen molar-refractivity contribution in [1.82, 2.24) is 9.62 Å². The van der Waals surface area contributed by atoms with Crippen molar-refractivity contribution in [3.05, 3.63) is 95.1 Å². The summed E-state index contributed by atoms with van der Waals surface area (Å²) in [6.07, 6.45) is 0.920. The molecule has 4 aromatic rings. The van der Waals surface area contributed by atoms with E-state index in [2.05, 4.69) is 4.72 Å². The molecule has 1 aliphatic heterocycles. The number of carboxylic acid groups (broad SMARTS) is 1. The first-order valence-corrected chi connectivity index (χ1v) is 18.0. The van der Waals surface area contributed by atoms with Crippen LogP contribution in [0, 0.1) is 12.3 Å². The minimum atomic E-state index is -4.81. The van der Waals surface area contributed by atoms with Gasteiger partial charge in [0.25, 0.3) is 0 Å². The third kappa shape index (κ3) is 7.55. The quantitative estimate of drug-likeness (QED) is 0.104. The molecule has 13 nitrogen and oxygen atoms in total. The molecule has 1 aliphatic rings. The number of sulfonamides is 2. The van der Waals surface area contributed by atoms with E-state index in [9.17, 15) is 31.5 Å². The highest BCUT2D eigenvalue weighted by Crippen LogP contribution is 2.45. The van der Waals surface area contributed by atoms with E-state index >= 15 is 0 Å². The van der Waals surface area contributed by atoms with E-state index in [0.29, 0.717) is 24.8 Å². The first-order valence-electron chi connectivity index (χ1n) is 15.0. The molecule has 16 heteroatoms. The van der Waals surface area contributed by atoms with Gasteiger partial charge in [-0.3, -0.25) is 10.2 Å². The summed E-state index contributed by atoms with van der Waals surface area (Å²) in [6, 6.07) is 19.7. The van der Waals surface area contributed by atoms with E-state index in [1.807, 2.05) is 12.1 Å². The van der Waals surface area contributed by atoms with Gasteiger partial charge in [-0.1, -0.05) is 60.7 Å². The van der Waals surface area contributed by atoms with Crippen LogP contribution in [0.5, 0.6) is 0 Å². The number of aromatic carboxylic acids is 1. The highest BCUT2D eigenvalue weighted by Gasteiger charge is 2.39. The maximum atomic E-state index is 13.6. The number of benzene rings is 4. The number of nitrogens with one attached hydrogen (secondary N) is 2. The number of carbonyl (C=O) groups is 2. The second kappa shape index (κ2) is 14.5. The lowest BCUT2D eigenvalue weighted by Crippen LogP contribution is -2.43. The predicted molar refractivity (Wildman–Crippen MR) is 189 cm³/mol. The molecule has 2 atom stereocenters. The van der Waals surface area contributed by atoms with Gasteiger partial charge in [0.2, 0.25) is 26.0 Å². The Morgan fingerprint density at radius 3 is 2.22 bits per heavy atom. The zero-order valence-electron chi connectivity index (χ0n) is 26.4. The number of hydrogen-bond donors (Lipinski definition) is 6. The van der Waals surface area contributed by atoms with Gasteiger partial charge in [0.1, 0.15) is 4.90 Å². The number of carboxylic acids is 1. The highest BCUT2D eigenvalue weighted by molar-refractivity contribution is 7.89. The summed E-state index contributed by atoms with van der Waals surface area (Å²) in [5, 5.41) is 25.8. The standard InChI is InChI=1S/C33H36N6O7S2.ClH/c1-19-26(23-12-7-15-39(18-23)33(35)36)29(32(41)42)30(47(37,43)44)28(21-9-3-2-4-10-21)27(19)25(31(34)40)17-38-48(45,46)24-14-13-20-8-5-6-11-22(20)16-24;/h2-6,8-11,13-14,16,23,25,38H,7,12,15,17-18H2,1H3,(H2,34,40)(H3,35,36)(H,41,42)(H2,37,43,44);1H. The number of fused-ring (bicyclic) bond motifs is 1. The normalized spacial score (nSPS) is 15.7. The van der Waals surface area contributed by atoms with Gasteiger partial charge in [-0.25, -0.2) is 31.5 Å². The van der Waals surface area contributed by atoms with E-state index in [1.54, 1.807) is 48.2 Å². The number of amides is 1. The Kier molecular flexibility index (Phi) is 11.0. The van der Waals surface area contributed by atoms with Crippen molar-refractivity contribution >= 4 is 61.1 Å². The number of rotatable bonds is 10. The zero-order valence-corrected chi connectivity index (χ0v) is 28.9. The van der Waals surface area contributed by atoms with Gasteiger partial charge in [-0.05, 0) is 64.9 Å². The van der Waals surface area contributed by atoms with Crippen LogP contribution in [0.1, 0.15) is 51.7 Å². The van der Waals surface area contributed by atoms with Gasteiger partial charge in [0, 0.05) is 31.1 Å². The summed E-state index contributed by atoms with van der Waals surface area (Å²) < 4.78 is 56.5. The molecule has 1 fully saturated rings. The topological polar surface area (TPSA) is 240 Å². The Morgan fingerprint density at radius 2 is 1.63 bits per heavy atom. The molecule has 0 spiro atoms. The van der Waals surface area contributed by atoms with Crippen molar-refractivity contribution in [2.45, 2.75) is 41.4 Å². The molecule has 1 saturated heterocycles. The number of primary amides is 1. The van der Waals surface area contributed by atoms with Gasteiger partial charge in [0.05, 0.1) is 16.4 Å². The first-order chi connectivity index (χ1) is 22.6. The van der Waals surface area contributed by atoms with Crippen LogP contribution in [0.3, 0.4) is 0 Å². The number of nitrogens with two attached hydrogens (primary N) is 3. The monoisotopic (exact) mass is 728 g/mol. The van der Waals surface area contributed by atoms with Crippen LogP contribution in [-0.4, -0.2) is 64.3 Å². The van der Waals surface area contributed by atoms with Crippen LogP contribution < -0.4 is 21.3 Å². The third-order valence-electron chi connectivity index (χ3n) is 8.73. The van der Waals surface area contributed by atoms with E-state index in [0.717, 1.165) is 5.39 Å². The largest absolute Gasteiger partial charge is 0.478 e. The van der Waals surface area contributed by atoms with Crippen molar-refractivity contribution in [2.75, 3.05) is 19.6 Å². The van der Waals surface area contributed by atoms with Crippen LogP contribution in [0.2, 0.25) is 0 Å². The molecule has 0 radical (unpaired) electrons. The Bertz CT molecular complexity index is 2160. The summed E-state index contributed by atoms with van der Waals surface area (Å²) >= 11 is 0. The third-order valence-corrected chi connectivity index (χ3v) is 11.1. The first kappa shape index (κ1) is 37.3. The van der Waals surface area contributed by atoms with E-state index in [1.165, 1.54) is 24.3 Å². The number of hydrogen-bond acceptors (Lipinski definition) is 7. The average molecular weight is 729 g/mol. The van der Waals surface area contributed by atoms with Crippen molar-refractivity contribution in [1.29, 1.82) is 5.41 Å². The molecular weight excluding hydrogens is 692 g/mol. The molecule has 9 N–H and O–H groups in total. The summed E-state index contributed by atoms with van der Waals surface area (Å²) in [7, 11) is -9.03. The number of piperidine rings is 1. The maximum Gasteiger partial charge on any atom is 0.337 e. The van der Waals surface area contributed by atoms with Gasteiger partial charge in [-0.15, -0.1) is 12.4 Å². The van der Waals surface area contributed by atoms with Gasteiger partial charge in [-0.2, -0.15) is 0 Å². The summed E-state index contributed by atoms with van der Waals surface area (Å²) in [5.41, 5.74) is 11.6. The molecule has 0 aromatic heterocycles. The van der Waals surface area contributed by atoms with Crippen molar-refractivity contribution in [2.24, 2.45) is 16.6 Å². The number of guanidine groups is 1. The Morgan fingerprint density at radius 1 is 1.00 bits per heavy atom. The van der Waals surface area contributed by atoms with Crippen LogP contribution in [0.4, 0.5) is 0 Å². The number of likely N-dealkylation sites (tertiary alicyclic amines) is 1. The SMILES string of the molecule is Cc1c(C2CCCN(C(=N)N)C2)c(C(=O)O)c(S(N)(=O)=O)c(-c2ccccc2)c1C(CNS(=O)(=O)c1ccc2ccccc2c1)C(N)=O.Cl. The van der Waals surface area contributed by atoms with Crippen molar-refractivity contribution in [3.8, 4) is 11.1 Å². The molecule has 2 unspecified atom stereocenters. The predicted octanol–water partition coefficient (Wildman–Crippen LogP) is 3.20. The van der Waals surface area contributed by atoms with Gasteiger partial charge >= 0.3 is 5.97 Å². The molecule has 1 heterocycles. The molecule has 0 bridgehead atoms. The van der Waals surface area contributed by atoms with Gasteiger partial charge in [0.15, 0.2) is 5.96 Å². The van der Waals surface area contributed by atoms with E-state index in [4.69, 9.17) is 22.0 Å². The molecule has 49 heavy (non-hydrogen) atoms. The fraction of sp³-hybridized carbons (Fsp3) is 0.242. The minimum Gasteiger partial charge on any atom is -0.478 e. The molecule has 5 rings (SSSR count). The second-order valence-electron chi connectivity index (χ2n) is 11.7. The Hall–Kier alpha value is -4.54. The highest BCUT2D eigenvalue weighted by atomic mass is 35.5. The van der Waals surface area contributed by atoms with E-state index < -0.39 is 60.8 Å². The van der Waals surface area contributed by atoms with Gasteiger partial charge < -0.3 is 21.5 Å². The Labute approximate surface area is 290 Å². The number of primary sulfonamides is 1. The Balaban J connectivity index is 0.00000541. The van der Waals surface area contributed by atoms with Crippen molar-refractivity contribution in [3.63, 3.8) is 0 Å². The van der Waals surface area contributed by atoms with Crippen LogP contribution >= 0.6 is 12.4 Å². The smallest absolute Gasteiger partial charge is 0.337 e. The minimum absolute atomic E-state index is 0.